The number of carbonyl (C=O) groups excluding carboxylic acids is 3. The minimum atomic E-state index is -0.814. The number of aliphatic hydroxyl groups excluding tert-OH is 1. The van der Waals surface area contributed by atoms with Crippen LogP contribution in [-0.4, -0.2) is 69.6 Å². The third kappa shape index (κ3) is 3.97. The van der Waals surface area contributed by atoms with Crippen molar-refractivity contribution in [2.45, 2.75) is 41.8 Å². The smallest absolute Gasteiger partial charge is 0.311 e. The van der Waals surface area contributed by atoms with Gasteiger partial charge in [-0.05, 0) is 42.7 Å². The summed E-state index contributed by atoms with van der Waals surface area (Å²) in [5, 5.41) is 12.1. The van der Waals surface area contributed by atoms with Gasteiger partial charge in [0, 0.05) is 17.5 Å². The summed E-state index contributed by atoms with van der Waals surface area (Å²) in [6.45, 7) is 9.28. The van der Waals surface area contributed by atoms with E-state index in [-0.39, 0.29) is 36.8 Å². The number of amides is 2. The molecule has 2 bridgehead atoms. The molecule has 0 saturated carbocycles. The van der Waals surface area contributed by atoms with Crippen LogP contribution in [0, 0.1) is 11.8 Å². The molecule has 2 aromatic rings. The number of rotatable bonds is 9. The van der Waals surface area contributed by atoms with Gasteiger partial charge in [0.1, 0.15) is 12.6 Å². The Labute approximate surface area is 221 Å². The summed E-state index contributed by atoms with van der Waals surface area (Å²) in [6, 6.07) is 12.4. The van der Waals surface area contributed by atoms with E-state index < -0.39 is 34.6 Å². The van der Waals surface area contributed by atoms with Crippen LogP contribution in [0.5, 0.6) is 0 Å². The molecule has 1 spiro atoms. The second kappa shape index (κ2) is 9.99. The number of ether oxygens (including phenoxy) is 1. The molecule has 2 amide bonds. The molecule has 194 valence electrons. The first-order valence-corrected chi connectivity index (χ1v) is 13.6. The highest BCUT2D eigenvalue weighted by Gasteiger charge is 2.74. The summed E-state index contributed by atoms with van der Waals surface area (Å²) >= 11 is 1.58. The lowest BCUT2D eigenvalue weighted by atomic mass is 9.71. The highest BCUT2D eigenvalue weighted by molar-refractivity contribution is 8.02. The van der Waals surface area contributed by atoms with Gasteiger partial charge in [-0.2, -0.15) is 0 Å². The molecule has 3 heterocycles. The molecule has 3 saturated heterocycles. The lowest BCUT2D eigenvalue weighted by molar-refractivity contribution is -0.153. The molecule has 37 heavy (non-hydrogen) atoms. The lowest BCUT2D eigenvalue weighted by Gasteiger charge is -2.38. The summed E-state index contributed by atoms with van der Waals surface area (Å²) < 4.78 is 4.64. The largest absolute Gasteiger partial charge is 0.461 e. The number of anilines is 1. The number of hydrogen-bond acceptors (Lipinski definition) is 6. The first kappa shape index (κ1) is 25.5. The zero-order valence-electron chi connectivity index (χ0n) is 20.9. The molecule has 1 N–H and O–H groups in total. The van der Waals surface area contributed by atoms with Crippen LogP contribution in [0.25, 0.3) is 10.8 Å². The van der Waals surface area contributed by atoms with Crippen LogP contribution in [0.1, 0.15) is 19.8 Å². The minimum Gasteiger partial charge on any atom is -0.461 e. The first-order chi connectivity index (χ1) is 17.9. The van der Waals surface area contributed by atoms with Gasteiger partial charge in [-0.25, -0.2) is 0 Å². The quantitative estimate of drug-likeness (QED) is 0.402. The molecule has 3 aliphatic rings. The fraction of sp³-hybridized carbons (Fsp3) is 0.414. The standard InChI is InChI=1S/C29H32N2O5S/c1-4-14-30(21-11-10-19-8-6-7-9-20(19)16-21)27(34)25-29-13-12-22(37-29)23(28(35)36-15-5-2)24(29)26(33)31(25)18(3)17-32/h4-11,16,18,22-25,32H,1-2,12-15,17H2,3H3/t18-,22-,23+,24+,25?,29?/m1/s1. The molecule has 3 aliphatic heterocycles. The molecule has 7 nitrogen and oxygen atoms in total. The van der Waals surface area contributed by atoms with Crippen LogP contribution in [0.4, 0.5) is 5.69 Å². The van der Waals surface area contributed by atoms with Gasteiger partial charge in [0.2, 0.25) is 5.91 Å². The van der Waals surface area contributed by atoms with Crippen molar-refractivity contribution in [1.29, 1.82) is 0 Å². The highest BCUT2D eigenvalue weighted by Crippen LogP contribution is 2.67. The zero-order chi connectivity index (χ0) is 26.3. The molecule has 0 radical (unpaired) electrons. The monoisotopic (exact) mass is 520 g/mol. The van der Waals surface area contributed by atoms with Crippen molar-refractivity contribution in [3.63, 3.8) is 0 Å². The molecule has 6 atom stereocenters. The lowest BCUT2D eigenvalue weighted by Crippen LogP contribution is -2.57. The average molecular weight is 521 g/mol. The van der Waals surface area contributed by atoms with Gasteiger partial charge >= 0.3 is 5.97 Å². The van der Waals surface area contributed by atoms with E-state index in [1.165, 1.54) is 11.0 Å². The molecular weight excluding hydrogens is 488 g/mol. The van der Waals surface area contributed by atoms with Crippen molar-refractivity contribution >= 4 is 46.0 Å². The summed E-state index contributed by atoms with van der Waals surface area (Å²) in [5.74, 6) is -2.18. The maximum atomic E-state index is 14.5. The number of benzene rings is 2. The van der Waals surface area contributed by atoms with Crippen LogP contribution >= 0.6 is 11.8 Å². The molecule has 0 aromatic heterocycles. The van der Waals surface area contributed by atoms with E-state index in [0.717, 1.165) is 17.2 Å². The molecule has 8 heteroatoms. The van der Waals surface area contributed by atoms with Crippen molar-refractivity contribution in [2.24, 2.45) is 11.8 Å². The van der Waals surface area contributed by atoms with E-state index in [0.29, 0.717) is 12.1 Å². The fourth-order valence-electron chi connectivity index (χ4n) is 6.38. The molecule has 2 unspecified atom stereocenters. The Kier molecular flexibility index (Phi) is 6.89. The van der Waals surface area contributed by atoms with Crippen LogP contribution < -0.4 is 4.90 Å². The van der Waals surface area contributed by atoms with Gasteiger partial charge in [0.25, 0.3) is 5.91 Å². The highest BCUT2D eigenvalue weighted by atomic mass is 32.2. The van der Waals surface area contributed by atoms with Crippen molar-refractivity contribution in [1.82, 2.24) is 4.90 Å². The zero-order valence-corrected chi connectivity index (χ0v) is 21.7. The predicted molar refractivity (Wildman–Crippen MR) is 145 cm³/mol. The van der Waals surface area contributed by atoms with Crippen LogP contribution in [0.2, 0.25) is 0 Å². The second-order valence-electron chi connectivity index (χ2n) is 10.0. The van der Waals surface area contributed by atoms with Gasteiger partial charge in [-0.3, -0.25) is 14.4 Å². The summed E-state index contributed by atoms with van der Waals surface area (Å²) in [7, 11) is 0. The number of nitrogens with zero attached hydrogens (tertiary/aromatic N) is 2. The van der Waals surface area contributed by atoms with Gasteiger partial charge in [-0.1, -0.05) is 49.1 Å². The second-order valence-corrected chi connectivity index (χ2v) is 11.6. The number of thioether (sulfide) groups is 1. The molecule has 2 aromatic carbocycles. The maximum Gasteiger partial charge on any atom is 0.311 e. The van der Waals surface area contributed by atoms with Crippen molar-refractivity contribution in [3.05, 3.63) is 67.8 Å². The number of esters is 1. The van der Waals surface area contributed by atoms with Crippen LogP contribution in [0.15, 0.2) is 67.8 Å². The summed E-state index contributed by atoms with van der Waals surface area (Å²) in [6.07, 6.45) is 4.56. The molecule has 0 aliphatic carbocycles. The first-order valence-electron chi connectivity index (χ1n) is 12.7. The third-order valence-electron chi connectivity index (χ3n) is 7.95. The van der Waals surface area contributed by atoms with E-state index in [1.807, 2.05) is 42.5 Å². The van der Waals surface area contributed by atoms with E-state index in [9.17, 15) is 19.5 Å². The Morgan fingerprint density at radius 2 is 2.00 bits per heavy atom. The Hall–Kier alpha value is -3.10. The van der Waals surface area contributed by atoms with Crippen molar-refractivity contribution < 1.29 is 24.2 Å². The van der Waals surface area contributed by atoms with Crippen LogP contribution in [0.3, 0.4) is 0 Å². The van der Waals surface area contributed by atoms with E-state index in [1.54, 1.807) is 29.7 Å². The molecule has 3 fully saturated rings. The predicted octanol–water partition coefficient (Wildman–Crippen LogP) is 3.56. The Balaban J connectivity index is 1.57. The van der Waals surface area contributed by atoms with Gasteiger partial charge in [-0.15, -0.1) is 18.3 Å². The molecule has 5 rings (SSSR count). The van der Waals surface area contributed by atoms with E-state index in [4.69, 9.17) is 4.74 Å². The van der Waals surface area contributed by atoms with Gasteiger partial charge in [0.15, 0.2) is 0 Å². The topological polar surface area (TPSA) is 87.1 Å². The van der Waals surface area contributed by atoms with E-state index >= 15 is 0 Å². The SMILES string of the molecule is C=CCOC(=O)[C@@H]1[C@H]2C(=O)N([C@H](C)CO)C(C(=O)N(CC=C)c3ccc4ccccc4c3)C23CC[C@H]1S3. The number of carbonyl (C=O) groups is 3. The van der Waals surface area contributed by atoms with E-state index in [2.05, 4.69) is 13.2 Å². The number of fused-ring (bicyclic) bond motifs is 2. The molecular formula is C29H32N2O5S. The number of likely N-dealkylation sites (tertiary alicyclic amines) is 1. The normalized spacial score (nSPS) is 28.7. The van der Waals surface area contributed by atoms with Crippen molar-refractivity contribution in [3.8, 4) is 0 Å². The fourth-order valence-corrected chi connectivity index (χ4v) is 8.57. The number of hydrogen-bond donors (Lipinski definition) is 1. The minimum absolute atomic E-state index is 0.0782. The Morgan fingerprint density at radius 1 is 1.24 bits per heavy atom. The Bertz CT molecular complexity index is 1260. The summed E-state index contributed by atoms with van der Waals surface area (Å²) in [5.41, 5.74) is 0.715. The third-order valence-corrected chi connectivity index (χ3v) is 9.90. The van der Waals surface area contributed by atoms with Gasteiger partial charge in [0.05, 0.1) is 29.2 Å². The maximum absolute atomic E-state index is 14.5. The Morgan fingerprint density at radius 3 is 2.70 bits per heavy atom. The van der Waals surface area contributed by atoms with Crippen molar-refractivity contribution in [2.75, 3.05) is 24.7 Å². The summed E-state index contributed by atoms with van der Waals surface area (Å²) in [4.78, 5) is 44.7. The average Bonchev–Trinajstić information content (AvgIpc) is 3.56. The van der Waals surface area contributed by atoms with Crippen LogP contribution in [-0.2, 0) is 19.1 Å². The number of aliphatic hydroxyl groups is 1. The van der Waals surface area contributed by atoms with Gasteiger partial charge < -0.3 is 19.6 Å².